The molecule has 0 amide bonds. The second-order valence-electron chi connectivity index (χ2n) is 7.74. The highest BCUT2D eigenvalue weighted by Crippen LogP contribution is 2.50. The number of para-hydroxylation sites is 2. The lowest BCUT2D eigenvalue weighted by Crippen LogP contribution is -2.31. The Bertz CT molecular complexity index is 1040. The highest BCUT2D eigenvalue weighted by molar-refractivity contribution is 7.99. The maximum Gasteiger partial charge on any atom is 0.128 e. The minimum atomic E-state index is 0.220. The number of aliphatic imine (C=N–C) groups is 1. The summed E-state index contributed by atoms with van der Waals surface area (Å²) in [6, 6.07) is 25.9. The van der Waals surface area contributed by atoms with Crippen LogP contribution < -0.4 is 4.74 Å². The maximum absolute atomic E-state index is 6.17. The van der Waals surface area contributed by atoms with Gasteiger partial charge >= 0.3 is 0 Å². The fraction of sp³-hybridized carbons (Fsp3) is 0.240. The first-order chi connectivity index (χ1) is 13.7. The molecular formula is C25H23NOS. The molecule has 2 heterocycles. The van der Waals surface area contributed by atoms with Gasteiger partial charge in [0.25, 0.3) is 0 Å². The Morgan fingerprint density at radius 1 is 0.929 bits per heavy atom. The molecule has 2 aliphatic heterocycles. The Morgan fingerprint density at radius 2 is 1.68 bits per heavy atom. The Hall–Kier alpha value is -2.52. The van der Waals surface area contributed by atoms with Crippen molar-refractivity contribution in [2.45, 2.75) is 29.9 Å². The van der Waals surface area contributed by atoms with E-state index in [-0.39, 0.29) is 11.2 Å². The summed E-state index contributed by atoms with van der Waals surface area (Å²) in [6.45, 7) is 5.14. The highest BCUT2D eigenvalue weighted by atomic mass is 32.2. The van der Waals surface area contributed by atoms with Gasteiger partial charge in [-0.15, -0.1) is 11.8 Å². The molecule has 3 heteroatoms. The zero-order valence-electron chi connectivity index (χ0n) is 16.1. The number of ether oxygens (including phenoxy) is 1. The molecule has 0 spiro atoms. The minimum Gasteiger partial charge on any atom is -0.492 e. The zero-order chi connectivity index (χ0) is 19.1. The molecule has 0 saturated carbocycles. The van der Waals surface area contributed by atoms with Crippen LogP contribution in [0.25, 0.3) is 0 Å². The van der Waals surface area contributed by atoms with Gasteiger partial charge in [0, 0.05) is 15.7 Å². The lowest BCUT2D eigenvalue weighted by molar-refractivity contribution is 0.271. The molecule has 3 aromatic rings. The lowest BCUT2D eigenvalue weighted by atomic mass is 9.87. The quantitative estimate of drug-likeness (QED) is 0.484. The van der Waals surface area contributed by atoms with Crippen LogP contribution >= 0.6 is 11.8 Å². The predicted octanol–water partition coefficient (Wildman–Crippen LogP) is 6.79. The standard InChI is InChI=1S/C25H23NOS/c1-16(2)17-11-13-18(14-12-17)25-20-15-27-22-9-5-3-7-19(22)24(20)26-21-8-4-6-10-23(21)28-25/h3-14,16,20,25H,15H2,1-2H3/t20-,25+/m1/s1. The van der Waals surface area contributed by atoms with Crippen LogP contribution in [0.1, 0.15) is 41.7 Å². The van der Waals surface area contributed by atoms with Gasteiger partial charge in [0.1, 0.15) is 5.75 Å². The van der Waals surface area contributed by atoms with Crippen molar-refractivity contribution in [2.75, 3.05) is 6.61 Å². The monoisotopic (exact) mass is 385 g/mol. The SMILES string of the molecule is CC(C)c1ccc([C@@H]2Sc3ccccc3N=C3c4ccccc4OC[C@H]32)cc1. The summed E-state index contributed by atoms with van der Waals surface area (Å²) >= 11 is 1.91. The first kappa shape index (κ1) is 17.6. The van der Waals surface area contributed by atoms with Crippen molar-refractivity contribution in [1.82, 2.24) is 0 Å². The number of thioether (sulfide) groups is 1. The van der Waals surface area contributed by atoms with Crippen molar-refractivity contribution >= 4 is 23.2 Å². The Morgan fingerprint density at radius 3 is 2.50 bits per heavy atom. The molecular weight excluding hydrogens is 362 g/mol. The van der Waals surface area contributed by atoms with E-state index in [1.54, 1.807) is 0 Å². The van der Waals surface area contributed by atoms with Crippen LogP contribution in [-0.4, -0.2) is 12.3 Å². The molecule has 0 aromatic heterocycles. The number of rotatable bonds is 2. The first-order valence-corrected chi connectivity index (χ1v) is 10.7. The van der Waals surface area contributed by atoms with E-state index in [2.05, 4.69) is 74.5 Å². The van der Waals surface area contributed by atoms with Gasteiger partial charge < -0.3 is 4.74 Å². The molecule has 2 aliphatic rings. The second-order valence-corrected chi connectivity index (χ2v) is 8.92. The van der Waals surface area contributed by atoms with Crippen molar-refractivity contribution in [3.05, 3.63) is 89.5 Å². The van der Waals surface area contributed by atoms with E-state index in [1.165, 1.54) is 16.0 Å². The van der Waals surface area contributed by atoms with E-state index in [0.29, 0.717) is 12.5 Å². The van der Waals surface area contributed by atoms with Crippen molar-refractivity contribution in [1.29, 1.82) is 0 Å². The first-order valence-electron chi connectivity index (χ1n) is 9.87. The normalized spacial score (nSPS) is 20.3. The summed E-state index contributed by atoms with van der Waals surface area (Å²) in [5, 5.41) is 0.275. The summed E-state index contributed by atoms with van der Waals surface area (Å²) in [7, 11) is 0. The second kappa shape index (κ2) is 7.14. The summed E-state index contributed by atoms with van der Waals surface area (Å²) in [4.78, 5) is 6.38. The van der Waals surface area contributed by atoms with Crippen molar-refractivity contribution in [3.8, 4) is 5.75 Å². The molecule has 28 heavy (non-hydrogen) atoms. The fourth-order valence-electron chi connectivity index (χ4n) is 4.01. The van der Waals surface area contributed by atoms with Crippen LogP contribution in [0.2, 0.25) is 0 Å². The molecule has 0 N–H and O–H groups in total. The van der Waals surface area contributed by atoms with Crippen molar-refractivity contribution < 1.29 is 4.74 Å². The minimum absolute atomic E-state index is 0.220. The molecule has 0 radical (unpaired) electrons. The van der Waals surface area contributed by atoms with E-state index in [1.807, 2.05) is 23.9 Å². The van der Waals surface area contributed by atoms with E-state index >= 15 is 0 Å². The van der Waals surface area contributed by atoms with E-state index in [4.69, 9.17) is 9.73 Å². The number of benzene rings is 3. The Labute approximate surface area is 170 Å². The molecule has 3 aromatic carbocycles. The van der Waals surface area contributed by atoms with E-state index in [0.717, 1.165) is 22.7 Å². The topological polar surface area (TPSA) is 21.6 Å². The molecule has 140 valence electrons. The smallest absolute Gasteiger partial charge is 0.128 e. The number of hydrogen-bond donors (Lipinski definition) is 0. The van der Waals surface area contributed by atoms with Gasteiger partial charge in [-0.3, -0.25) is 4.99 Å². The van der Waals surface area contributed by atoms with Crippen LogP contribution in [0.4, 0.5) is 5.69 Å². The summed E-state index contributed by atoms with van der Waals surface area (Å²) in [5.41, 5.74) is 6.05. The third-order valence-electron chi connectivity index (χ3n) is 5.59. The number of fused-ring (bicyclic) bond motifs is 4. The van der Waals surface area contributed by atoms with Gasteiger partial charge in [0.15, 0.2) is 0 Å². The van der Waals surface area contributed by atoms with Gasteiger partial charge in [-0.05, 0) is 41.3 Å². The van der Waals surface area contributed by atoms with Crippen LogP contribution in [0.5, 0.6) is 5.75 Å². The van der Waals surface area contributed by atoms with Gasteiger partial charge in [-0.2, -0.15) is 0 Å². The summed E-state index contributed by atoms with van der Waals surface area (Å²) < 4.78 is 6.17. The molecule has 5 rings (SSSR count). The highest BCUT2D eigenvalue weighted by Gasteiger charge is 2.37. The van der Waals surface area contributed by atoms with Crippen LogP contribution in [0.3, 0.4) is 0 Å². The van der Waals surface area contributed by atoms with Gasteiger partial charge in [-0.25, -0.2) is 0 Å². The zero-order valence-corrected chi connectivity index (χ0v) is 16.9. The molecule has 0 saturated heterocycles. The molecule has 0 aliphatic carbocycles. The van der Waals surface area contributed by atoms with Crippen LogP contribution in [0, 0.1) is 5.92 Å². The third-order valence-corrected chi connectivity index (χ3v) is 7.04. The van der Waals surface area contributed by atoms with Crippen molar-refractivity contribution in [3.63, 3.8) is 0 Å². The Balaban J connectivity index is 1.64. The molecule has 0 bridgehead atoms. The van der Waals surface area contributed by atoms with Gasteiger partial charge in [0.05, 0.1) is 23.9 Å². The number of hydrogen-bond acceptors (Lipinski definition) is 3. The largest absolute Gasteiger partial charge is 0.492 e. The average Bonchev–Trinajstić information content (AvgIpc) is 2.91. The third kappa shape index (κ3) is 3.04. The number of nitrogens with zero attached hydrogens (tertiary/aromatic N) is 1. The molecule has 2 atom stereocenters. The van der Waals surface area contributed by atoms with Crippen LogP contribution in [0.15, 0.2) is 82.7 Å². The Kier molecular flexibility index (Phi) is 4.48. The van der Waals surface area contributed by atoms with Gasteiger partial charge in [-0.1, -0.05) is 62.4 Å². The van der Waals surface area contributed by atoms with E-state index < -0.39 is 0 Å². The fourth-order valence-corrected chi connectivity index (χ4v) is 5.34. The molecule has 0 unspecified atom stereocenters. The van der Waals surface area contributed by atoms with Gasteiger partial charge in [0.2, 0.25) is 0 Å². The summed E-state index contributed by atoms with van der Waals surface area (Å²) in [6.07, 6.45) is 0. The molecule has 2 nitrogen and oxygen atoms in total. The summed E-state index contributed by atoms with van der Waals surface area (Å²) in [5.74, 6) is 1.70. The average molecular weight is 386 g/mol. The lowest BCUT2D eigenvalue weighted by Gasteiger charge is -2.31. The molecule has 0 fully saturated rings. The van der Waals surface area contributed by atoms with E-state index in [9.17, 15) is 0 Å². The maximum atomic E-state index is 6.17. The van der Waals surface area contributed by atoms with Crippen LogP contribution in [-0.2, 0) is 0 Å². The van der Waals surface area contributed by atoms with Crippen molar-refractivity contribution in [2.24, 2.45) is 10.9 Å². The predicted molar refractivity (Wildman–Crippen MR) is 117 cm³/mol.